The van der Waals surface area contributed by atoms with E-state index >= 15 is 0 Å². The summed E-state index contributed by atoms with van der Waals surface area (Å²) in [6.45, 7) is 0. The summed E-state index contributed by atoms with van der Waals surface area (Å²) in [7, 11) is 0. The minimum atomic E-state index is 0.495. The lowest BCUT2D eigenvalue weighted by Gasteiger charge is -2.54. The molecule has 2 heterocycles. The Balaban J connectivity index is 0.823. The van der Waals surface area contributed by atoms with Gasteiger partial charge in [0.1, 0.15) is 0 Å². The standard InChI is InChI=1S/C47H79N3O/c1-3-13-31(14-4-1)45-48-46(32-15-5-2-6-16-32)50-47(49-45)42-29-41-39-25-24-37(28-43(39)51-44(41)40-21-10-9-20-38(40)42)35-19-11-18-34(27-35)36-23-22-30-12-7-8-17-33(30)26-36/h30-50H,1-29H2. The van der Waals surface area contributed by atoms with E-state index in [1.807, 2.05) is 0 Å². The van der Waals surface area contributed by atoms with Gasteiger partial charge in [0.05, 0.1) is 30.7 Å². The molecule has 15 atom stereocenters. The van der Waals surface area contributed by atoms with Crippen molar-refractivity contribution in [2.45, 2.75) is 217 Å². The summed E-state index contributed by atoms with van der Waals surface area (Å²) in [5, 5.41) is 13.0. The van der Waals surface area contributed by atoms with Crippen LogP contribution in [0.4, 0.5) is 0 Å². The molecule has 51 heavy (non-hydrogen) atoms. The molecular weight excluding hydrogens is 623 g/mol. The van der Waals surface area contributed by atoms with Crippen LogP contribution in [0.15, 0.2) is 0 Å². The summed E-state index contributed by atoms with van der Waals surface area (Å²) in [4.78, 5) is 0. The first-order valence-corrected chi connectivity index (χ1v) is 24.2. The lowest BCUT2D eigenvalue weighted by Crippen LogP contribution is -2.73. The molecule has 10 rings (SSSR count). The van der Waals surface area contributed by atoms with Crippen molar-refractivity contribution < 1.29 is 4.74 Å². The normalized spacial score (nSPS) is 51.5. The van der Waals surface area contributed by atoms with Crippen molar-refractivity contribution in [2.75, 3.05) is 0 Å². The maximum Gasteiger partial charge on any atom is 0.0641 e. The third-order valence-corrected chi connectivity index (χ3v) is 19.0. The van der Waals surface area contributed by atoms with Crippen LogP contribution < -0.4 is 16.0 Å². The van der Waals surface area contributed by atoms with E-state index in [4.69, 9.17) is 4.74 Å². The Morgan fingerprint density at radius 2 is 0.745 bits per heavy atom. The van der Waals surface area contributed by atoms with E-state index in [1.54, 1.807) is 44.9 Å². The van der Waals surface area contributed by atoms with Gasteiger partial charge in [-0.25, -0.2) is 0 Å². The smallest absolute Gasteiger partial charge is 0.0641 e. The summed E-state index contributed by atoms with van der Waals surface area (Å²) in [6.07, 6.45) is 45.9. The topological polar surface area (TPSA) is 45.3 Å². The van der Waals surface area contributed by atoms with Gasteiger partial charge in [-0.1, -0.05) is 96.3 Å². The number of fused-ring (bicyclic) bond motifs is 6. The Morgan fingerprint density at radius 3 is 1.45 bits per heavy atom. The molecule has 0 aromatic rings. The van der Waals surface area contributed by atoms with Crippen molar-refractivity contribution >= 4 is 0 Å². The Bertz CT molecular complexity index is 1110. The minimum absolute atomic E-state index is 0.495. The molecule has 2 aliphatic heterocycles. The number of rotatable bonds is 5. The lowest BCUT2D eigenvalue weighted by atomic mass is 9.56. The third-order valence-electron chi connectivity index (χ3n) is 19.0. The summed E-state index contributed by atoms with van der Waals surface area (Å²) in [5.74, 6) is 12.1. The molecule has 0 spiro atoms. The van der Waals surface area contributed by atoms with Crippen molar-refractivity contribution in [1.82, 2.24) is 16.0 Å². The first kappa shape index (κ1) is 35.3. The van der Waals surface area contributed by atoms with Crippen LogP contribution in [0.3, 0.4) is 0 Å². The van der Waals surface area contributed by atoms with Gasteiger partial charge in [0.25, 0.3) is 0 Å². The number of hydrogen-bond donors (Lipinski definition) is 3. The molecule has 4 nitrogen and oxygen atoms in total. The Labute approximate surface area is 313 Å². The van der Waals surface area contributed by atoms with Gasteiger partial charge in [0.2, 0.25) is 0 Å². The van der Waals surface area contributed by atoms with Crippen LogP contribution >= 0.6 is 0 Å². The molecule has 10 aliphatic rings. The van der Waals surface area contributed by atoms with Crippen LogP contribution in [-0.2, 0) is 4.74 Å². The molecule has 0 radical (unpaired) electrons. The molecule has 3 N–H and O–H groups in total. The molecule has 288 valence electrons. The minimum Gasteiger partial charge on any atom is -0.374 e. The Kier molecular flexibility index (Phi) is 10.9. The van der Waals surface area contributed by atoms with Crippen molar-refractivity contribution in [3.63, 3.8) is 0 Å². The summed E-state index contributed by atoms with van der Waals surface area (Å²) in [6, 6.07) is 0. The maximum absolute atomic E-state index is 7.48. The zero-order valence-electron chi connectivity index (χ0n) is 32.8. The van der Waals surface area contributed by atoms with E-state index in [2.05, 4.69) is 16.0 Å². The predicted octanol–water partition coefficient (Wildman–Crippen LogP) is 10.9. The molecule has 10 fully saturated rings. The molecule has 0 bridgehead atoms. The summed E-state index contributed by atoms with van der Waals surface area (Å²) >= 11 is 0. The highest BCUT2D eigenvalue weighted by Gasteiger charge is 2.58. The van der Waals surface area contributed by atoms with E-state index in [0.717, 1.165) is 76.9 Å². The molecule has 8 saturated carbocycles. The van der Waals surface area contributed by atoms with Crippen LogP contribution in [0, 0.1) is 76.9 Å². The Hall–Kier alpha value is -0.160. The van der Waals surface area contributed by atoms with Gasteiger partial charge in [-0.05, 0) is 167 Å². The molecule has 15 unspecified atom stereocenters. The van der Waals surface area contributed by atoms with Crippen molar-refractivity contribution in [3.8, 4) is 0 Å². The SMILES string of the molecule is C1CCC(C2NC(C3CCCCC3)NC(C3CC4C5CCC(C6CCCC(C7CCC8CCCCC8C7)C6)CC5OC4C4CCCCC34)N2)CC1. The molecule has 0 aromatic heterocycles. The second-order valence-corrected chi connectivity index (χ2v) is 21.3. The largest absolute Gasteiger partial charge is 0.374 e. The van der Waals surface area contributed by atoms with Crippen LogP contribution in [0.25, 0.3) is 0 Å². The van der Waals surface area contributed by atoms with Gasteiger partial charge in [-0.3, -0.25) is 16.0 Å². The fraction of sp³-hybridized carbons (Fsp3) is 1.00. The van der Waals surface area contributed by atoms with Crippen molar-refractivity contribution in [1.29, 1.82) is 0 Å². The second kappa shape index (κ2) is 15.8. The zero-order chi connectivity index (χ0) is 33.7. The fourth-order valence-electron chi connectivity index (χ4n) is 16.4. The number of hydrogen-bond acceptors (Lipinski definition) is 4. The van der Waals surface area contributed by atoms with Crippen molar-refractivity contribution in [3.05, 3.63) is 0 Å². The number of nitrogens with one attached hydrogen (secondary N) is 3. The highest BCUT2D eigenvalue weighted by atomic mass is 16.5. The van der Waals surface area contributed by atoms with Gasteiger partial charge in [-0.2, -0.15) is 0 Å². The van der Waals surface area contributed by atoms with Gasteiger partial charge in [0, 0.05) is 0 Å². The van der Waals surface area contributed by atoms with Gasteiger partial charge < -0.3 is 4.74 Å². The van der Waals surface area contributed by atoms with Gasteiger partial charge >= 0.3 is 0 Å². The average Bonchev–Trinajstić information content (AvgIpc) is 3.59. The van der Waals surface area contributed by atoms with E-state index in [9.17, 15) is 0 Å². The number of ether oxygens (including phenoxy) is 1. The van der Waals surface area contributed by atoms with Crippen LogP contribution in [0.5, 0.6) is 0 Å². The third kappa shape index (κ3) is 7.20. The van der Waals surface area contributed by atoms with E-state index in [0.29, 0.717) is 30.7 Å². The average molecular weight is 702 g/mol. The monoisotopic (exact) mass is 702 g/mol. The highest BCUT2D eigenvalue weighted by molar-refractivity contribution is 5.07. The fourth-order valence-corrected chi connectivity index (χ4v) is 16.4. The predicted molar refractivity (Wildman–Crippen MR) is 209 cm³/mol. The van der Waals surface area contributed by atoms with E-state index in [1.165, 1.54) is 141 Å². The van der Waals surface area contributed by atoms with Crippen LogP contribution in [-0.4, -0.2) is 30.7 Å². The first-order chi connectivity index (χ1) is 25.2. The summed E-state index contributed by atoms with van der Waals surface area (Å²) < 4.78 is 7.48. The molecule has 8 aliphatic carbocycles. The van der Waals surface area contributed by atoms with Gasteiger partial charge in [-0.15, -0.1) is 0 Å². The van der Waals surface area contributed by atoms with E-state index in [-0.39, 0.29) is 0 Å². The zero-order valence-corrected chi connectivity index (χ0v) is 32.8. The van der Waals surface area contributed by atoms with Crippen molar-refractivity contribution in [2.24, 2.45) is 76.9 Å². The molecular formula is C47H79N3O. The quantitative estimate of drug-likeness (QED) is 0.267. The lowest BCUT2D eigenvalue weighted by molar-refractivity contribution is -0.0909. The first-order valence-electron chi connectivity index (χ1n) is 24.2. The molecule has 0 amide bonds. The van der Waals surface area contributed by atoms with E-state index < -0.39 is 0 Å². The molecule has 0 aromatic carbocycles. The van der Waals surface area contributed by atoms with Crippen LogP contribution in [0.1, 0.15) is 186 Å². The summed E-state index contributed by atoms with van der Waals surface area (Å²) in [5.41, 5.74) is 0. The maximum atomic E-state index is 7.48. The van der Waals surface area contributed by atoms with Crippen LogP contribution in [0.2, 0.25) is 0 Å². The Morgan fingerprint density at radius 1 is 0.275 bits per heavy atom. The van der Waals surface area contributed by atoms with Gasteiger partial charge in [0.15, 0.2) is 0 Å². The second-order valence-electron chi connectivity index (χ2n) is 21.3. The highest BCUT2D eigenvalue weighted by Crippen LogP contribution is 2.58. The molecule has 4 heteroatoms. The molecule has 2 saturated heterocycles.